The lowest BCUT2D eigenvalue weighted by Crippen LogP contribution is -2.29. The Hall–Kier alpha value is -3.84. The lowest BCUT2D eigenvalue weighted by molar-refractivity contribution is 0.366. The van der Waals surface area contributed by atoms with Gasteiger partial charge in [0.15, 0.2) is 0 Å². The summed E-state index contributed by atoms with van der Waals surface area (Å²) < 4.78 is 0. The van der Waals surface area contributed by atoms with E-state index < -0.39 is 0 Å². The van der Waals surface area contributed by atoms with E-state index in [0.717, 1.165) is 0 Å². The van der Waals surface area contributed by atoms with Gasteiger partial charge in [0.1, 0.15) is 0 Å². The number of fused-ring (bicyclic) bond motifs is 1. The number of benzene rings is 5. The van der Waals surface area contributed by atoms with Crippen LogP contribution in [0.5, 0.6) is 0 Å². The normalized spacial score (nSPS) is 17.7. The molecule has 7 rings (SSSR count). The van der Waals surface area contributed by atoms with Crippen molar-refractivity contribution in [1.82, 2.24) is 0 Å². The first-order valence-corrected chi connectivity index (χ1v) is 16.9. The first-order chi connectivity index (χ1) is 21.3. The molecule has 0 radical (unpaired) electrons. The molecule has 2 aliphatic carbocycles. The van der Waals surface area contributed by atoms with Gasteiger partial charge >= 0.3 is 0 Å². The van der Waals surface area contributed by atoms with Crippen LogP contribution in [0.1, 0.15) is 99.7 Å². The molecule has 43 heavy (non-hydrogen) atoms. The van der Waals surface area contributed by atoms with Gasteiger partial charge in [-0.2, -0.15) is 0 Å². The average molecular weight is 564 g/mol. The second-order valence-electron chi connectivity index (χ2n) is 13.1. The maximum atomic E-state index is 2.45. The third kappa shape index (κ3) is 5.87. The summed E-state index contributed by atoms with van der Waals surface area (Å²) in [6, 6.07) is 46.1. The molecule has 0 bridgehead atoms. The standard InChI is InChI=1S/C42H45N/c1-2-12-30-42(31-13-3-1,37-18-8-5-9-19-37)38-23-28-40(29-24-38)43(41-27-22-34-16-10-11-17-36(34)32-41)39-25-20-35(21-26-39)33-14-6-4-7-15-33/h5,8-11,16-29,32-33H,1-4,6-7,12-15,30-31H2. The molecule has 2 saturated carbocycles. The first kappa shape index (κ1) is 28.0. The van der Waals surface area contributed by atoms with Crippen molar-refractivity contribution < 1.29 is 0 Å². The molecule has 0 saturated heterocycles. The van der Waals surface area contributed by atoms with Crippen molar-refractivity contribution in [3.05, 3.63) is 138 Å². The van der Waals surface area contributed by atoms with Gasteiger partial charge in [0.2, 0.25) is 0 Å². The Kier molecular flexibility index (Phi) is 8.32. The Labute approximate surface area is 258 Å². The fourth-order valence-corrected chi connectivity index (χ4v) is 8.03. The predicted molar refractivity (Wildman–Crippen MR) is 184 cm³/mol. The summed E-state index contributed by atoms with van der Waals surface area (Å²) in [5, 5.41) is 2.56. The highest BCUT2D eigenvalue weighted by molar-refractivity contribution is 5.89. The summed E-state index contributed by atoms with van der Waals surface area (Å²) in [4.78, 5) is 2.45. The lowest BCUT2D eigenvalue weighted by atomic mass is 9.67. The van der Waals surface area contributed by atoms with Gasteiger partial charge in [-0.25, -0.2) is 0 Å². The highest BCUT2D eigenvalue weighted by atomic mass is 15.1. The number of hydrogen-bond donors (Lipinski definition) is 0. The maximum absolute atomic E-state index is 2.45. The van der Waals surface area contributed by atoms with Crippen LogP contribution < -0.4 is 4.90 Å². The Morgan fingerprint density at radius 1 is 0.442 bits per heavy atom. The van der Waals surface area contributed by atoms with Crippen LogP contribution in [-0.4, -0.2) is 0 Å². The molecular weight excluding hydrogens is 518 g/mol. The number of nitrogens with zero attached hydrogens (tertiary/aromatic N) is 1. The minimum absolute atomic E-state index is 0.0929. The van der Waals surface area contributed by atoms with Crippen LogP contribution >= 0.6 is 0 Å². The Morgan fingerprint density at radius 3 is 1.67 bits per heavy atom. The topological polar surface area (TPSA) is 3.24 Å². The molecule has 2 fully saturated rings. The van der Waals surface area contributed by atoms with Crippen LogP contribution in [0.15, 0.2) is 121 Å². The Balaban J connectivity index is 1.28. The predicted octanol–water partition coefficient (Wildman–Crippen LogP) is 12.4. The fourth-order valence-electron chi connectivity index (χ4n) is 8.03. The van der Waals surface area contributed by atoms with Crippen LogP contribution in [0.3, 0.4) is 0 Å². The summed E-state index contributed by atoms with van der Waals surface area (Å²) >= 11 is 0. The molecule has 0 unspecified atom stereocenters. The minimum Gasteiger partial charge on any atom is -0.310 e. The number of rotatable bonds is 6. The van der Waals surface area contributed by atoms with Gasteiger partial charge in [-0.3, -0.25) is 0 Å². The van der Waals surface area contributed by atoms with Crippen molar-refractivity contribution in [3.63, 3.8) is 0 Å². The van der Waals surface area contributed by atoms with E-state index in [4.69, 9.17) is 0 Å². The largest absolute Gasteiger partial charge is 0.310 e. The van der Waals surface area contributed by atoms with Gasteiger partial charge in [-0.1, -0.05) is 136 Å². The van der Waals surface area contributed by atoms with E-state index in [1.807, 2.05) is 0 Å². The molecule has 0 heterocycles. The van der Waals surface area contributed by atoms with E-state index >= 15 is 0 Å². The van der Waals surface area contributed by atoms with Crippen molar-refractivity contribution >= 4 is 27.8 Å². The van der Waals surface area contributed by atoms with Gasteiger partial charge in [-0.15, -0.1) is 0 Å². The lowest BCUT2D eigenvalue weighted by Gasteiger charge is -2.37. The van der Waals surface area contributed by atoms with Gasteiger partial charge < -0.3 is 4.90 Å². The van der Waals surface area contributed by atoms with E-state index in [2.05, 4.69) is 126 Å². The highest BCUT2D eigenvalue weighted by Gasteiger charge is 2.34. The quantitative estimate of drug-likeness (QED) is 0.199. The van der Waals surface area contributed by atoms with E-state index in [0.29, 0.717) is 5.92 Å². The highest BCUT2D eigenvalue weighted by Crippen LogP contribution is 2.45. The van der Waals surface area contributed by atoms with Gasteiger partial charge in [0.25, 0.3) is 0 Å². The molecule has 1 heteroatoms. The second-order valence-corrected chi connectivity index (χ2v) is 13.1. The molecule has 0 aromatic heterocycles. The summed E-state index contributed by atoms with van der Waals surface area (Å²) in [6.45, 7) is 0. The molecule has 5 aromatic carbocycles. The Morgan fingerprint density at radius 2 is 0.977 bits per heavy atom. The third-order valence-corrected chi connectivity index (χ3v) is 10.4. The zero-order chi connectivity index (χ0) is 28.9. The van der Waals surface area contributed by atoms with Crippen LogP contribution in [-0.2, 0) is 5.41 Å². The van der Waals surface area contributed by atoms with Crippen molar-refractivity contribution in [2.45, 2.75) is 88.4 Å². The SMILES string of the molecule is c1ccc(C2(c3ccc(N(c4ccc(C5CCCCC5)cc4)c4ccc5ccccc5c4)cc3)CCCCCCC2)cc1. The number of anilines is 3. The number of hydrogen-bond acceptors (Lipinski definition) is 1. The monoisotopic (exact) mass is 563 g/mol. The molecule has 2 aliphatic rings. The zero-order valence-corrected chi connectivity index (χ0v) is 25.6. The summed E-state index contributed by atoms with van der Waals surface area (Å²) in [5.74, 6) is 0.717. The zero-order valence-electron chi connectivity index (χ0n) is 25.6. The van der Waals surface area contributed by atoms with E-state index in [-0.39, 0.29) is 5.41 Å². The van der Waals surface area contributed by atoms with Gasteiger partial charge in [0.05, 0.1) is 0 Å². The fraction of sp³-hybridized carbons (Fsp3) is 0.333. The molecule has 0 spiro atoms. The molecule has 1 nitrogen and oxygen atoms in total. The van der Waals surface area contributed by atoms with E-state index in [1.165, 1.54) is 122 Å². The molecule has 0 N–H and O–H groups in total. The summed E-state index contributed by atoms with van der Waals surface area (Å²) in [6.07, 6.45) is 15.9. The summed E-state index contributed by atoms with van der Waals surface area (Å²) in [7, 11) is 0. The van der Waals surface area contributed by atoms with Gasteiger partial charge in [-0.05, 0) is 95.5 Å². The molecule has 218 valence electrons. The van der Waals surface area contributed by atoms with E-state index in [9.17, 15) is 0 Å². The third-order valence-electron chi connectivity index (χ3n) is 10.4. The molecule has 5 aromatic rings. The Bertz CT molecular complexity index is 1600. The first-order valence-electron chi connectivity index (χ1n) is 16.9. The average Bonchev–Trinajstić information content (AvgIpc) is 3.07. The minimum atomic E-state index is 0.0929. The molecular formula is C42H45N. The van der Waals surface area contributed by atoms with Crippen molar-refractivity contribution in [2.24, 2.45) is 0 Å². The van der Waals surface area contributed by atoms with Crippen molar-refractivity contribution in [3.8, 4) is 0 Å². The van der Waals surface area contributed by atoms with Crippen LogP contribution in [0.4, 0.5) is 17.1 Å². The van der Waals surface area contributed by atoms with Crippen molar-refractivity contribution in [2.75, 3.05) is 4.90 Å². The molecule has 0 amide bonds. The molecule has 0 atom stereocenters. The second kappa shape index (κ2) is 12.8. The van der Waals surface area contributed by atoms with E-state index in [1.54, 1.807) is 0 Å². The van der Waals surface area contributed by atoms with Gasteiger partial charge in [0, 0.05) is 22.5 Å². The maximum Gasteiger partial charge on any atom is 0.0468 e. The van der Waals surface area contributed by atoms with Crippen molar-refractivity contribution in [1.29, 1.82) is 0 Å². The summed E-state index contributed by atoms with van der Waals surface area (Å²) in [5.41, 5.74) is 8.21. The van der Waals surface area contributed by atoms with Crippen LogP contribution in [0.2, 0.25) is 0 Å². The van der Waals surface area contributed by atoms with Crippen LogP contribution in [0.25, 0.3) is 10.8 Å². The van der Waals surface area contributed by atoms with Crippen LogP contribution in [0, 0.1) is 0 Å². The smallest absolute Gasteiger partial charge is 0.0468 e. The molecule has 0 aliphatic heterocycles.